The maximum Gasteiger partial charge on any atom is 0.294 e. The number of thioether (sulfide) groups is 1. The highest BCUT2D eigenvalue weighted by atomic mass is 35.5. The highest BCUT2D eigenvalue weighted by Crippen LogP contribution is 2.33. The number of hydrogen-bond acceptors (Lipinski definition) is 5. The van der Waals surface area contributed by atoms with Crippen LogP contribution in [0.4, 0.5) is 10.5 Å². The van der Waals surface area contributed by atoms with Crippen molar-refractivity contribution < 1.29 is 19.2 Å². The van der Waals surface area contributed by atoms with Gasteiger partial charge in [-0.25, -0.2) is 0 Å². The van der Waals surface area contributed by atoms with Crippen molar-refractivity contribution in [3.63, 3.8) is 0 Å². The van der Waals surface area contributed by atoms with Gasteiger partial charge in [0.25, 0.3) is 17.1 Å². The molecule has 0 atom stereocenters. The van der Waals surface area contributed by atoms with Gasteiger partial charge in [-0.1, -0.05) is 29.8 Å². The molecule has 2 N–H and O–H groups in total. The van der Waals surface area contributed by atoms with Crippen molar-refractivity contribution in [2.75, 3.05) is 17.3 Å². The first kappa shape index (κ1) is 24.3. The third-order valence-electron chi connectivity index (χ3n) is 5.31. The van der Waals surface area contributed by atoms with Crippen LogP contribution in [0.2, 0.25) is 5.02 Å². The van der Waals surface area contributed by atoms with Gasteiger partial charge in [-0.3, -0.25) is 34.2 Å². The average Bonchev–Trinajstić information content (AvgIpc) is 3.25. The number of benzene rings is 2. The molecular formula is C25H21ClN4O4S. The van der Waals surface area contributed by atoms with E-state index in [0.717, 1.165) is 22.4 Å². The zero-order chi connectivity index (χ0) is 25.1. The standard InChI is InChI=1S/C25H21ClN4O4S/c1-15-12-18(16(2)30(15)28-23(32)17-6-4-3-5-7-17)13-21-24(33)29(25(34)35-21)14-22(31)27-20-10-8-19(26)9-11-20/h3-13H,14H2,1-2H3,(H,27,31)(H,28,32)/b21-13-. The normalized spacial score (nSPS) is 14.5. The summed E-state index contributed by atoms with van der Waals surface area (Å²) in [6.07, 6.45) is 1.59. The number of anilines is 1. The van der Waals surface area contributed by atoms with Gasteiger partial charge in [0.2, 0.25) is 5.91 Å². The summed E-state index contributed by atoms with van der Waals surface area (Å²) in [5, 5.41) is 2.63. The minimum Gasteiger partial charge on any atom is -0.325 e. The van der Waals surface area contributed by atoms with Crippen LogP contribution in [-0.2, 0) is 9.59 Å². The first-order chi connectivity index (χ1) is 16.7. The summed E-state index contributed by atoms with van der Waals surface area (Å²) in [6, 6.07) is 17.1. The lowest BCUT2D eigenvalue weighted by molar-refractivity contribution is -0.127. The molecule has 178 valence electrons. The van der Waals surface area contributed by atoms with Crippen molar-refractivity contribution >= 4 is 58.1 Å². The Morgan fingerprint density at radius 3 is 2.40 bits per heavy atom. The van der Waals surface area contributed by atoms with Crippen LogP contribution in [0.3, 0.4) is 0 Å². The molecule has 2 heterocycles. The van der Waals surface area contributed by atoms with E-state index >= 15 is 0 Å². The molecule has 0 spiro atoms. The van der Waals surface area contributed by atoms with Gasteiger partial charge in [0.15, 0.2) is 0 Å². The van der Waals surface area contributed by atoms with Crippen LogP contribution in [0.25, 0.3) is 6.08 Å². The monoisotopic (exact) mass is 508 g/mol. The summed E-state index contributed by atoms with van der Waals surface area (Å²) in [6.45, 7) is 3.22. The highest BCUT2D eigenvalue weighted by Gasteiger charge is 2.36. The molecule has 0 unspecified atom stereocenters. The highest BCUT2D eigenvalue weighted by molar-refractivity contribution is 8.18. The lowest BCUT2D eigenvalue weighted by atomic mass is 10.2. The molecule has 1 fully saturated rings. The summed E-state index contributed by atoms with van der Waals surface area (Å²) in [5.74, 6) is -1.33. The van der Waals surface area contributed by atoms with Crippen LogP contribution in [0.1, 0.15) is 27.3 Å². The molecule has 1 saturated heterocycles. The number of amides is 4. The number of carbonyl (C=O) groups excluding carboxylic acids is 4. The van der Waals surface area contributed by atoms with E-state index in [-0.39, 0.29) is 10.8 Å². The quantitative estimate of drug-likeness (QED) is 0.465. The molecule has 0 radical (unpaired) electrons. The number of halogens is 1. The summed E-state index contributed by atoms with van der Waals surface area (Å²) >= 11 is 6.61. The first-order valence-electron chi connectivity index (χ1n) is 10.6. The fourth-order valence-corrected chi connectivity index (χ4v) is 4.47. The number of aryl methyl sites for hydroxylation is 1. The van der Waals surface area contributed by atoms with Crippen LogP contribution in [0, 0.1) is 13.8 Å². The molecule has 0 aliphatic carbocycles. The molecular weight excluding hydrogens is 488 g/mol. The Kier molecular flexibility index (Phi) is 7.09. The van der Waals surface area contributed by atoms with Gasteiger partial charge in [-0.2, -0.15) is 0 Å². The van der Waals surface area contributed by atoms with Crippen molar-refractivity contribution in [1.29, 1.82) is 0 Å². The van der Waals surface area contributed by atoms with Crippen molar-refractivity contribution in [3.05, 3.63) is 93.1 Å². The number of carbonyl (C=O) groups is 4. The fourth-order valence-electron chi connectivity index (χ4n) is 3.52. The van der Waals surface area contributed by atoms with Crippen LogP contribution in [-0.4, -0.2) is 39.1 Å². The minimum absolute atomic E-state index is 0.198. The topological polar surface area (TPSA) is 101 Å². The van der Waals surface area contributed by atoms with Crippen LogP contribution in [0.15, 0.2) is 65.6 Å². The maximum absolute atomic E-state index is 12.9. The zero-order valence-electron chi connectivity index (χ0n) is 18.9. The van der Waals surface area contributed by atoms with Crippen molar-refractivity contribution in [2.24, 2.45) is 0 Å². The summed E-state index contributed by atoms with van der Waals surface area (Å²) in [7, 11) is 0. The zero-order valence-corrected chi connectivity index (χ0v) is 20.4. The van der Waals surface area contributed by atoms with Gasteiger partial charge in [0.05, 0.1) is 4.91 Å². The van der Waals surface area contributed by atoms with Crippen LogP contribution >= 0.6 is 23.4 Å². The lowest BCUT2D eigenvalue weighted by Crippen LogP contribution is -2.36. The fraction of sp³-hybridized carbons (Fsp3) is 0.120. The number of rotatable bonds is 6. The largest absolute Gasteiger partial charge is 0.325 e. The van der Waals surface area contributed by atoms with Gasteiger partial charge >= 0.3 is 0 Å². The van der Waals surface area contributed by atoms with Gasteiger partial charge in [-0.15, -0.1) is 0 Å². The molecule has 1 aromatic heterocycles. The molecule has 3 aromatic rings. The van der Waals surface area contributed by atoms with Gasteiger partial charge in [-0.05, 0) is 79.7 Å². The Labute approximate surface area is 210 Å². The van der Waals surface area contributed by atoms with Crippen molar-refractivity contribution in [2.45, 2.75) is 13.8 Å². The molecule has 35 heavy (non-hydrogen) atoms. The number of nitrogens with one attached hydrogen (secondary N) is 2. The van der Waals surface area contributed by atoms with E-state index in [4.69, 9.17) is 11.6 Å². The second-order valence-corrected chi connectivity index (χ2v) is 9.22. The number of imide groups is 1. The maximum atomic E-state index is 12.9. The molecule has 2 aromatic carbocycles. The Bertz CT molecular complexity index is 1350. The van der Waals surface area contributed by atoms with E-state index in [1.165, 1.54) is 0 Å². The Hall–Kier alpha value is -3.82. The van der Waals surface area contributed by atoms with Gasteiger partial charge in [0.1, 0.15) is 6.54 Å². The predicted octanol–water partition coefficient (Wildman–Crippen LogP) is 4.82. The molecule has 8 nitrogen and oxygen atoms in total. The van der Waals surface area contributed by atoms with E-state index in [0.29, 0.717) is 27.5 Å². The smallest absolute Gasteiger partial charge is 0.294 e. The summed E-state index contributed by atoms with van der Waals surface area (Å²) in [4.78, 5) is 51.3. The molecule has 4 amide bonds. The Morgan fingerprint density at radius 2 is 1.71 bits per heavy atom. The van der Waals surface area contributed by atoms with Crippen LogP contribution in [0.5, 0.6) is 0 Å². The van der Waals surface area contributed by atoms with E-state index < -0.39 is 23.6 Å². The van der Waals surface area contributed by atoms with E-state index in [1.807, 2.05) is 19.1 Å². The number of nitrogens with zero attached hydrogens (tertiary/aromatic N) is 2. The van der Waals surface area contributed by atoms with Crippen molar-refractivity contribution in [3.8, 4) is 0 Å². The number of hydrogen-bond donors (Lipinski definition) is 2. The Balaban J connectivity index is 1.47. The van der Waals surface area contributed by atoms with Gasteiger partial charge in [0, 0.05) is 27.7 Å². The molecule has 0 saturated carbocycles. The SMILES string of the molecule is Cc1cc(/C=C2\SC(=O)N(CC(=O)Nc3ccc(Cl)cc3)C2=O)c(C)n1NC(=O)c1ccccc1. The second kappa shape index (κ2) is 10.2. The second-order valence-electron chi connectivity index (χ2n) is 7.79. The van der Waals surface area contributed by atoms with Crippen LogP contribution < -0.4 is 10.7 Å². The molecule has 1 aliphatic heterocycles. The van der Waals surface area contributed by atoms with E-state index in [1.54, 1.807) is 66.2 Å². The molecule has 4 rings (SSSR count). The predicted molar refractivity (Wildman–Crippen MR) is 137 cm³/mol. The summed E-state index contributed by atoms with van der Waals surface area (Å²) in [5.41, 5.74) is 5.98. The average molecular weight is 509 g/mol. The first-order valence-corrected chi connectivity index (χ1v) is 11.8. The molecule has 10 heteroatoms. The molecule has 1 aliphatic rings. The summed E-state index contributed by atoms with van der Waals surface area (Å²) < 4.78 is 1.63. The van der Waals surface area contributed by atoms with E-state index in [2.05, 4.69) is 10.7 Å². The Morgan fingerprint density at radius 1 is 1.03 bits per heavy atom. The van der Waals surface area contributed by atoms with E-state index in [9.17, 15) is 19.2 Å². The van der Waals surface area contributed by atoms with Gasteiger partial charge < -0.3 is 5.32 Å². The lowest BCUT2D eigenvalue weighted by Gasteiger charge is -2.12. The molecule has 0 bridgehead atoms. The minimum atomic E-state index is -0.551. The third-order valence-corrected chi connectivity index (χ3v) is 6.47. The number of aromatic nitrogens is 1. The van der Waals surface area contributed by atoms with Crippen molar-refractivity contribution in [1.82, 2.24) is 9.58 Å². The third kappa shape index (κ3) is 5.47.